The van der Waals surface area contributed by atoms with Crippen LogP contribution in [0.4, 0.5) is 0 Å². The quantitative estimate of drug-likeness (QED) is 0.811. The number of aromatic carboxylic acids is 1. The second-order valence-electron chi connectivity index (χ2n) is 3.46. The molecule has 0 fully saturated rings. The van der Waals surface area contributed by atoms with Crippen molar-refractivity contribution in [3.8, 4) is 0 Å². The molecular formula is C11H11N3O3. The molecule has 2 rings (SSSR count). The number of aromatic nitrogens is 2. The highest BCUT2D eigenvalue weighted by Gasteiger charge is 2.21. The van der Waals surface area contributed by atoms with Crippen LogP contribution in [-0.4, -0.2) is 27.8 Å². The summed E-state index contributed by atoms with van der Waals surface area (Å²) < 4.78 is 4.91. The van der Waals surface area contributed by atoms with Crippen LogP contribution in [0.5, 0.6) is 0 Å². The van der Waals surface area contributed by atoms with Crippen molar-refractivity contribution in [3.05, 3.63) is 47.6 Å². The van der Waals surface area contributed by atoms with E-state index in [1.165, 1.54) is 0 Å². The van der Waals surface area contributed by atoms with Gasteiger partial charge in [-0.1, -0.05) is 30.3 Å². The number of rotatable bonds is 4. The Morgan fingerprint density at radius 1 is 1.41 bits per heavy atom. The fourth-order valence-corrected chi connectivity index (χ4v) is 1.53. The molecule has 17 heavy (non-hydrogen) atoms. The van der Waals surface area contributed by atoms with E-state index in [4.69, 9.17) is 15.4 Å². The molecule has 0 aliphatic heterocycles. The molecule has 1 atom stereocenters. The number of nitrogens with two attached hydrogens (primary N) is 1. The van der Waals surface area contributed by atoms with Gasteiger partial charge in [-0.3, -0.25) is 0 Å². The molecule has 0 radical (unpaired) electrons. The van der Waals surface area contributed by atoms with Gasteiger partial charge in [0.05, 0.1) is 5.92 Å². The smallest absolute Gasteiger partial charge is 0.377 e. The van der Waals surface area contributed by atoms with Gasteiger partial charge in [0, 0.05) is 6.54 Å². The van der Waals surface area contributed by atoms with Crippen molar-refractivity contribution in [3.63, 3.8) is 0 Å². The maximum Gasteiger partial charge on any atom is 0.377 e. The molecule has 1 aromatic heterocycles. The Bertz CT molecular complexity index is 510. The molecule has 6 nitrogen and oxygen atoms in total. The molecule has 0 bridgehead atoms. The van der Waals surface area contributed by atoms with Crippen LogP contribution in [0.25, 0.3) is 0 Å². The first-order valence-electron chi connectivity index (χ1n) is 5.04. The standard InChI is InChI=1S/C11H11N3O3/c12-6-8(7-4-2-1-3-5-7)10-13-9(11(15)16)14-17-10/h1-5,8H,6,12H2,(H,15,16). The van der Waals surface area contributed by atoms with Crippen LogP contribution in [0.1, 0.15) is 28.0 Å². The maximum atomic E-state index is 10.6. The van der Waals surface area contributed by atoms with Gasteiger partial charge in [0.15, 0.2) is 0 Å². The van der Waals surface area contributed by atoms with E-state index in [1.54, 1.807) is 0 Å². The number of hydrogen-bond donors (Lipinski definition) is 2. The summed E-state index contributed by atoms with van der Waals surface area (Å²) in [6.45, 7) is 0.269. The molecule has 0 aliphatic carbocycles. The minimum atomic E-state index is -1.22. The number of carboxylic acids is 1. The topological polar surface area (TPSA) is 102 Å². The summed E-state index contributed by atoms with van der Waals surface area (Å²) in [7, 11) is 0. The van der Waals surface area contributed by atoms with E-state index in [1.807, 2.05) is 30.3 Å². The molecule has 0 spiro atoms. The SMILES string of the molecule is NCC(c1ccccc1)c1nc(C(=O)O)no1. The van der Waals surface area contributed by atoms with Gasteiger partial charge in [-0.25, -0.2) is 4.79 Å². The van der Waals surface area contributed by atoms with Crippen LogP contribution in [-0.2, 0) is 0 Å². The Hall–Kier alpha value is -2.21. The number of carboxylic acid groups (broad SMARTS) is 1. The first-order valence-corrected chi connectivity index (χ1v) is 5.04. The molecule has 3 N–H and O–H groups in total. The molecule has 0 amide bonds. The van der Waals surface area contributed by atoms with Crippen molar-refractivity contribution in [2.75, 3.05) is 6.54 Å². The first kappa shape index (κ1) is 11.3. The van der Waals surface area contributed by atoms with E-state index < -0.39 is 5.97 Å². The highest BCUT2D eigenvalue weighted by molar-refractivity contribution is 5.82. The Morgan fingerprint density at radius 3 is 2.65 bits per heavy atom. The first-order chi connectivity index (χ1) is 8.22. The predicted octanol–water partition coefficient (Wildman–Crippen LogP) is 0.858. The van der Waals surface area contributed by atoms with E-state index in [-0.39, 0.29) is 24.2 Å². The molecule has 2 aromatic rings. The summed E-state index contributed by atoms with van der Waals surface area (Å²) in [6, 6.07) is 9.37. The van der Waals surface area contributed by atoms with Crippen molar-refractivity contribution in [1.82, 2.24) is 10.1 Å². The van der Waals surface area contributed by atoms with Gasteiger partial charge < -0.3 is 15.4 Å². The fraction of sp³-hybridized carbons (Fsp3) is 0.182. The van der Waals surface area contributed by atoms with Crippen LogP contribution in [0.15, 0.2) is 34.9 Å². The number of benzene rings is 1. The fourth-order valence-electron chi connectivity index (χ4n) is 1.53. The van der Waals surface area contributed by atoms with Crippen molar-refractivity contribution in [2.24, 2.45) is 5.73 Å². The maximum absolute atomic E-state index is 10.6. The monoisotopic (exact) mass is 233 g/mol. The molecule has 1 aromatic carbocycles. The molecule has 88 valence electrons. The highest BCUT2D eigenvalue weighted by Crippen LogP contribution is 2.21. The molecule has 1 heterocycles. The van der Waals surface area contributed by atoms with E-state index in [0.717, 1.165) is 5.56 Å². The van der Waals surface area contributed by atoms with Gasteiger partial charge >= 0.3 is 5.97 Å². The third kappa shape index (κ3) is 2.31. The highest BCUT2D eigenvalue weighted by atomic mass is 16.5. The minimum Gasteiger partial charge on any atom is -0.475 e. The lowest BCUT2D eigenvalue weighted by Gasteiger charge is -2.09. The third-order valence-corrected chi connectivity index (χ3v) is 2.37. The molecule has 0 saturated heterocycles. The second kappa shape index (κ2) is 4.75. The Balaban J connectivity index is 2.32. The summed E-state index contributed by atoms with van der Waals surface area (Å²) in [6.07, 6.45) is 0. The molecule has 0 aliphatic rings. The predicted molar refractivity (Wildman–Crippen MR) is 58.6 cm³/mol. The Labute approximate surface area is 97.1 Å². The molecule has 0 saturated carbocycles. The lowest BCUT2D eigenvalue weighted by molar-refractivity contribution is 0.0680. The zero-order valence-electron chi connectivity index (χ0n) is 8.91. The zero-order chi connectivity index (χ0) is 12.3. The number of carbonyl (C=O) groups is 1. The van der Waals surface area contributed by atoms with Crippen molar-refractivity contribution in [1.29, 1.82) is 0 Å². The summed E-state index contributed by atoms with van der Waals surface area (Å²) in [5, 5.41) is 12.1. The molecule has 6 heteroatoms. The number of nitrogens with zero attached hydrogens (tertiary/aromatic N) is 2. The van der Waals surface area contributed by atoms with E-state index in [9.17, 15) is 4.79 Å². The largest absolute Gasteiger partial charge is 0.475 e. The van der Waals surface area contributed by atoms with Crippen molar-refractivity contribution in [2.45, 2.75) is 5.92 Å². The van der Waals surface area contributed by atoms with Gasteiger partial charge in [0.2, 0.25) is 5.89 Å². The second-order valence-corrected chi connectivity index (χ2v) is 3.46. The Morgan fingerprint density at radius 2 is 2.12 bits per heavy atom. The summed E-state index contributed by atoms with van der Waals surface area (Å²) in [5.41, 5.74) is 6.56. The van der Waals surface area contributed by atoms with E-state index in [2.05, 4.69) is 10.1 Å². The van der Waals surface area contributed by atoms with Crippen LogP contribution in [0.3, 0.4) is 0 Å². The van der Waals surface area contributed by atoms with Gasteiger partial charge in [-0.05, 0) is 10.7 Å². The normalized spacial score (nSPS) is 12.3. The van der Waals surface area contributed by atoms with Gasteiger partial charge in [-0.2, -0.15) is 4.98 Å². The molecular weight excluding hydrogens is 222 g/mol. The van der Waals surface area contributed by atoms with E-state index >= 15 is 0 Å². The summed E-state index contributed by atoms with van der Waals surface area (Å²) in [4.78, 5) is 14.4. The van der Waals surface area contributed by atoms with E-state index in [0.29, 0.717) is 0 Å². The summed E-state index contributed by atoms with van der Waals surface area (Å²) in [5.74, 6) is -1.63. The van der Waals surface area contributed by atoms with Gasteiger partial charge in [-0.15, -0.1) is 0 Å². The third-order valence-electron chi connectivity index (χ3n) is 2.37. The Kier molecular flexibility index (Phi) is 3.15. The van der Waals surface area contributed by atoms with Crippen molar-refractivity contribution < 1.29 is 14.4 Å². The average molecular weight is 233 g/mol. The van der Waals surface area contributed by atoms with Gasteiger partial charge in [0.1, 0.15) is 0 Å². The van der Waals surface area contributed by atoms with Gasteiger partial charge in [0.25, 0.3) is 5.82 Å². The lowest BCUT2D eigenvalue weighted by atomic mass is 9.99. The van der Waals surface area contributed by atoms with Crippen LogP contribution < -0.4 is 5.73 Å². The van der Waals surface area contributed by atoms with Crippen LogP contribution in [0, 0.1) is 0 Å². The van der Waals surface area contributed by atoms with Crippen LogP contribution in [0.2, 0.25) is 0 Å². The minimum absolute atomic E-state index is 0.219. The van der Waals surface area contributed by atoms with Crippen molar-refractivity contribution >= 4 is 5.97 Å². The zero-order valence-corrected chi connectivity index (χ0v) is 8.91. The lowest BCUT2D eigenvalue weighted by Crippen LogP contribution is -2.14. The van der Waals surface area contributed by atoms with Crippen LogP contribution >= 0.6 is 0 Å². The molecule has 1 unspecified atom stereocenters. The number of hydrogen-bond acceptors (Lipinski definition) is 5. The average Bonchev–Trinajstić information content (AvgIpc) is 2.81. The summed E-state index contributed by atoms with van der Waals surface area (Å²) >= 11 is 0.